The molecule has 0 amide bonds. The van der Waals surface area contributed by atoms with Crippen LogP contribution < -0.4 is 0 Å². The van der Waals surface area contributed by atoms with E-state index in [4.69, 9.17) is 0 Å². The van der Waals surface area contributed by atoms with Crippen LogP contribution in [-0.4, -0.2) is 19.6 Å². The first-order valence-electron chi connectivity index (χ1n) is 4.23. The normalized spacial score (nSPS) is 12.2. The summed E-state index contributed by atoms with van der Waals surface area (Å²) in [5, 5.41) is 4.15. The molecule has 0 N–H and O–H groups in total. The van der Waals surface area contributed by atoms with Crippen molar-refractivity contribution in [3.8, 4) is 0 Å². The fourth-order valence-electron chi connectivity index (χ4n) is 1.26. The van der Waals surface area contributed by atoms with Crippen LogP contribution in [0, 0.1) is 0 Å². The molecule has 2 heterocycles. The molecule has 0 unspecified atom stereocenters. The Kier molecular flexibility index (Phi) is 1.58. The van der Waals surface area contributed by atoms with E-state index in [0.717, 1.165) is 11.3 Å². The lowest BCUT2D eigenvalue weighted by atomic mass is 9.93. The number of hydrogen-bond acceptors (Lipinski definition) is 3. The average Bonchev–Trinajstić information content (AvgIpc) is 2.45. The van der Waals surface area contributed by atoms with E-state index in [1.54, 1.807) is 6.20 Å². The summed E-state index contributed by atoms with van der Waals surface area (Å²) in [6.07, 6.45) is 5.09. The summed E-state index contributed by atoms with van der Waals surface area (Å²) in [5.41, 5.74) is 1.96. The Morgan fingerprint density at radius 3 is 2.69 bits per heavy atom. The third kappa shape index (κ3) is 1.28. The second kappa shape index (κ2) is 2.52. The van der Waals surface area contributed by atoms with Crippen molar-refractivity contribution < 1.29 is 0 Å². The molecule has 13 heavy (non-hydrogen) atoms. The number of nitrogens with zero attached hydrogens (tertiary/aromatic N) is 4. The van der Waals surface area contributed by atoms with Gasteiger partial charge in [0.25, 0.3) is 0 Å². The van der Waals surface area contributed by atoms with Crippen molar-refractivity contribution in [1.29, 1.82) is 0 Å². The van der Waals surface area contributed by atoms with Crippen molar-refractivity contribution in [3.63, 3.8) is 0 Å². The Balaban J connectivity index is 2.72. The second-order valence-electron chi connectivity index (χ2n) is 4.07. The third-order valence-corrected chi connectivity index (χ3v) is 1.96. The molecule has 0 aliphatic carbocycles. The molecule has 0 spiro atoms. The van der Waals surface area contributed by atoms with Crippen LogP contribution in [0.15, 0.2) is 18.7 Å². The summed E-state index contributed by atoms with van der Waals surface area (Å²) < 4.78 is 1.83. The molecule has 0 bridgehead atoms. The van der Waals surface area contributed by atoms with Gasteiger partial charge in [0.2, 0.25) is 0 Å². The van der Waals surface area contributed by atoms with Crippen LogP contribution >= 0.6 is 0 Å². The minimum absolute atomic E-state index is 0.0633. The molecule has 68 valence electrons. The first-order chi connectivity index (χ1) is 6.09. The number of rotatable bonds is 0. The fraction of sp³-hybridized carbons (Fsp3) is 0.444. The molecule has 0 saturated carbocycles. The van der Waals surface area contributed by atoms with Gasteiger partial charge in [0.05, 0.1) is 18.1 Å². The molecule has 0 aliphatic heterocycles. The van der Waals surface area contributed by atoms with E-state index in [9.17, 15) is 0 Å². The molecule has 0 radical (unpaired) electrons. The van der Waals surface area contributed by atoms with Crippen molar-refractivity contribution in [2.45, 2.75) is 26.2 Å². The van der Waals surface area contributed by atoms with Crippen LogP contribution in [0.3, 0.4) is 0 Å². The van der Waals surface area contributed by atoms with E-state index >= 15 is 0 Å². The van der Waals surface area contributed by atoms with Gasteiger partial charge in [-0.1, -0.05) is 20.8 Å². The van der Waals surface area contributed by atoms with Crippen LogP contribution in [-0.2, 0) is 5.41 Å². The maximum atomic E-state index is 4.22. The highest BCUT2D eigenvalue weighted by molar-refractivity contribution is 5.36. The highest BCUT2D eigenvalue weighted by atomic mass is 15.3. The van der Waals surface area contributed by atoms with Crippen LogP contribution in [0.25, 0.3) is 5.65 Å². The van der Waals surface area contributed by atoms with Gasteiger partial charge in [-0.05, 0) is 0 Å². The molecule has 2 rings (SSSR count). The van der Waals surface area contributed by atoms with E-state index in [0.29, 0.717) is 0 Å². The van der Waals surface area contributed by atoms with Crippen molar-refractivity contribution >= 4 is 5.65 Å². The first kappa shape index (κ1) is 8.16. The fourth-order valence-corrected chi connectivity index (χ4v) is 1.26. The summed E-state index contributed by atoms with van der Waals surface area (Å²) in [5.74, 6) is 0. The number of hydrogen-bond donors (Lipinski definition) is 0. The molecule has 0 saturated heterocycles. The molecular formula is C9H12N4. The quantitative estimate of drug-likeness (QED) is 0.609. The SMILES string of the molecule is CC(C)(C)c1cnc2cncnn12. The maximum absolute atomic E-state index is 4.22. The summed E-state index contributed by atoms with van der Waals surface area (Å²) in [6, 6.07) is 0. The average molecular weight is 176 g/mol. The predicted molar refractivity (Wildman–Crippen MR) is 49.5 cm³/mol. The molecule has 4 heteroatoms. The number of imidazole rings is 1. The summed E-state index contributed by atoms with van der Waals surface area (Å²) in [6.45, 7) is 6.41. The van der Waals surface area contributed by atoms with Crippen LogP contribution in [0.5, 0.6) is 0 Å². The van der Waals surface area contributed by atoms with Crippen LogP contribution in [0.4, 0.5) is 0 Å². The zero-order valence-electron chi connectivity index (χ0n) is 8.02. The minimum Gasteiger partial charge on any atom is -0.239 e. The summed E-state index contributed by atoms with van der Waals surface area (Å²) >= 11 is 0. The lowest BCUT2D eigenvalue weighted by molar-refractivity contribution is 0.549. The monoisotopic (exact) mass is 176 g/mol. The highest BCUT2D eigenvalue weighted by Gasteiger charge is 2.18. The van der Waals surface area contributed by atoms with Gasteiger partial charge in [-0.25, -0.2) is 14.5 Å². The summed E-state index contributed by atoms with van der Waals surface area (Å²) in [4.78, 5) is 8.14. The van der Waals surface area contributed by atoms with Gasteiger partial charge in [-0.15, -0.1) is 0 Å². The van der Waals surface area contributed by atoms with Gasteiger partial charge in [-0.3, -0.25) is 0 Å². The Labute approximate surface area is 76.6 Å². The molecule has 2 aromatic rings. The van der Waals surface area contributed by atoms with Crippen LogP contribution in [0.1, 0.15) is 26.5 Å². The smallest absolute Gasteiger partial charge is 0.172 e. The molecule has 0 atom stereocenters. The van der Waals surface area contributed by atoms with E-state index in [-0.39, 0.29) is 5.41 Å². The van der Waals surface area contributed by atoms with E-state index in [2.05, 4.69) is 35.8 Å². The summed E-state index contributed by atoms with van der Waals surface area (Å²) in [7, 11) is 0. The molecule has 2 aromatic heterocycles. The Morgan fingerprint density at radius 2 is 2.00 bits per heavy atom. The van der Waals surface area contributed by atoms with E-state index < -0.39 is 0 Å². The number of aromatic nitrogens is 4. The maximum Gasteiger partial charge on any atom is 0.172 e. The van der Waals surface area contributed by atoms with Gasteiger partial charge in [0, 0.05) is 5.41 Å². The largest absolute Gasteiger partial charge is 0.239 e. The van der Waals surface area contributed by atoms with Crippen molar-refractivity contribution in [3.05, 3.63) is 24.4 Å². The molecular weight excluding hydrogens is 164 g/mol. The second-order valence-corrected chi connectivity index (χ2v) is 4.07. The molecule has 4 nitrogen and oxygen atoms in total. The standard InChI is InChI=1S/C9H12N4/c1-9(2,3)7-4-11-8-5-10-6-12-13(7)8/h4-6H,1-3H3. The van der Waals surface area contributed by atoms with Crippen molar-refractivity contribution in [2.24, 2.45) is 0 Å². The first-order valence-corrected chi connectivity index (χ1v) is 4.23. The number of fused-ring (bicyclic) bond motifs is 1. The predicted octanol–water partition coefficient (Wildman–Crippen LogP) is 1.42. The third-order valence-electron chi connectivity index (χ3n) is 1.96. The van der Waals surface area contributed by atoms with Crippen molar-refractivity contribution in [2.75, 3.05) is 0 Å². The molecule has 0 aliphatic rings. The Bertz CT molecular complexity index is 424. The molecule has 0 fully saturated rings. The zero-order valence-corrected chi connectivity index (χ0v) is 8.02. The Hall–Kier alpha value is -1.45. The molecule has 0 aromatic carbocycles. The van der Waals surface area contributed by atoms with Gasteiger partial charge < -0.3 is 0 Å². The van der Waals surface area contributed by atoms with Gasteiger partial charge >= 0.3 is 0 Å². The van der Waals surface area contributed by atoms with Gasteiger partial charge in [-0.2, -0.15) is 5.10 Å². The minimum atomic E-state index is 0.0633. The lowest BCUT2D eigenvalue weighted by Crippen LogP contribution is -2.15. The van der Waals surface area contributed by atoms with Gasteiger partial charge in [0.1, 0.15) is 6.33 Å². The van der Waals surface area contributed by atoms with Crippen molar-refractivity contribution in [1.82, 2.24) is 19.6 Å². The topological polar surface area (TPSA) is 43.1 Å². The van der Waals surface area contributed by atoms with E-state index in [1.807, 2.05) is 10.7 Å². The lowest BCUT2D eigenvalue weighted by Gasteiger charge is -2.16. The van der Waals surface area contributed by atoms with Gasteiger partial charge in [0.15, 0.2) is 5.65 Å². The van der Waals surface area contributed by atoms with Crippen LogP contribution in [0.2, 0.25) is 0 Å². The zero-order chi connectivity index (χ0) is 9.47. The highest BCUT2D eigenvalue weighted by Crippen LogP contribution is 2.21. The Morgan fingerprint density at radius 1 is 1.23 bits per heavy atom. The van der Waals surface area contributed by atoms with E-state index in [1.165, 1.54) is 6.33 Å².